The van der Waals surface area contributed by atoms with Crippen molar-refractivity contribution in [1.29, 1.82) is 0 Å². The number of sulfone groups is 1. The highest BCUT2D eigenvalue weighted by atomic mass is 32.2. The zero-order chi connectivity index (χ0) is 15.0. The molecule has 4 unspecified atom stereocenters. The van der Waals surface area contributed by atoms with Crippen LogP contribution in [-0.2, 0) is 14.6 Å². The lowest BCUT2D eigenvalue weighted by Gasteiger charge is -2.31. The van der Waals surface area contributed by atoms with Crippen LogP contribution in [0.15, 0.2) is 0 Å². The van der Waals surface area contributed by atoms with Crippen LogP contribution in [-0.4, -0.2) is 37.8 Å². The van der Waals surface area contributed by atoms with Crippen LogP contribution >= 0.6 is 0 Å². The number of piperidine rings is 1. The molecule has 1 saturated carbocycles. The minimum atomic E-state index is -3.00. The molecule has 0 aromatic carbocycles. The molecule has 4 nitrogen and oxygen atoms in total. The van der Waals surface area contributed by atoms with Crippen molar-refractivity contribution in [3.8, 4) is 0 Å². The fourth-order valence-electron chi connectivity index (χ4n) is 4.62. The summed E-state index contributed by atoms with van der Waals surface area (Å²) in [5.41, 5.74) is 0. The van der Waals surface area contributed by atoms with Crippen molar-refractivity contribution >= 4 is 15.6 Å². The summed E-state index contributed by atoms with van der Waals surface area (Å²) < 4.78 is 23.4. The third-order valence-corrected chi connectivity index (χ3v) is 7.39. The molecule has 1 N–H and O–H groups in total. The van der Waals surface area contributed by atoms with Crippen molar-refractivity contribution < 1.29 is 13.2 Å². The minimum absolute atomic E-state index is 0.00832. The van der Waals surface area contributed by atoms with Gasteiger partial charge in [-0.25, -0.2) is 8.42 Å². The maximum absolute atomic E-state index is 12.6. The fraction of sp³-hybridized carbons (Fsp3) is 0.938. The van der Waals surface area contributed by atoms with Gasteiger partial charge in [-0.05, 0) is 50.9 Å². The highest BCUT2D eigenvalue weighted by Gasteiger charge is 2.37. The summed E-state index contributed by atoms with van der Waals surface area (Å²) in [6.07, 6.45) is 9.84. The molecule has 3 aliphatic rings. The lowest BCUT2D eigenvalue weighted by atomic mass is 9.80. The van der Waals surface area contributed by atoms with Gasteiger partial charge in [0, 0.05) is 30.7 Å². The Morgan fingerprint density at radius 2 is 1.71 bits per heavy atom. The molecule has 0 aromatic heterocycles. The first-order valence-corrected chi connectivity index (χ1v) is 10.3. The van der Waals surface area contributed by atoms with Crippen molar-refractivity contribution in [2.24, 2.45) is 11.8 Å². The summed E-state index contributed by atoms with van der Waals surface area (Å²) in [4.78, 5) is 12.6. The Balaban J connectivity index is 1.55. The first kappa shape index (κ1) is 15.5. The molecule has 2 aliphatic heterocycles. The van der Waals surface area contributed by atoms with Gasteiger partial charge in [-0.3, -0.25) is 4.79 Å². The van der Waals surface area contributed by atoms with E-state index in [1.165, 1.54) is 19.1 Å². The van der Waals surface area contributed by atoms with Crippen molar-refractivity contribution in [3.05, 3.63) is 0 Å². The van der Waals surface area contributed by atoms with Gasteiger partial charge in [0.1, 0.15) is 15.6 Å². The molecule has 4 atom stereocenters. The van der Waals surface area contributed by atoms with E-state index in [2.05, 4.69) is 5.32 Å². The van der Waals surface area contributed by atoms with E-state index in [0.29, 0.717) is 36.6 Å². The van der Waals surface area contributed by atoms with Crippen LogP contribution < -0.4 is 5.32 Å². The van der Waals surface area contributed by atoms with E-state index in [9.17, 15) is 13.2 Å². The van der Waals surface area contributed by atoms with Gasteiger partial charge in [0.2, 0.25) is 0 Å². The monoisotopic (exact) mass is 313 g/mol. The van der Waals surface area contributed by atoms with Gasteiger partial charge in [0.25, 0.3) is 0 Å². The van der Waals surface area contributed by atoms with E-state index < -0.39 is 9.84 Å². The number of carbonyl (C=O) groups is 1. The Kier molecular flexibility index (Phi) is 4.42. The van der Waals surface area contributed by atoms with Crippen molar-refractivity contribution in [2.45, 2.75) is 75.1 Å². The van der Waals surface area contributed by atoms with Gasteiger partial charge in [-0.15, -0.1) is 0 Å². The van der Waals surface area contributed by atoms with Gasteiger partial charge in [-0.1, -0.05) is 6.42 Å². The Morgan fingerprint density at radius 1 is 1.05 bits per heavy atom. The number of hydrogen-bond donors (Lipinski definition) is 1. The molecule has 3 rings (SSSR count). The van der Waals surface area contributed by atoms with E-state index >= 15 is 0 Å². The first-order valence-electron chi connectivity index (χ1n) is 8.39. The fourth-order valence-corrected chi connectivity index (χ4v) is 5.80. The van der Waals surface area contributed by atoms with Gasteiger partial charge < -0.3 is 5.32 Å². The maximum Gasteiger partial charge on any atom is 0.150 e. The second-order valence-electron chi connectivity index (χ2n) is 7.46. The normalized spacial score (nSPS) is 40.1. The summed E-state index contributed by atoms with van der Waals surface area (Å²) in [6.45, 7) is 0. The molecule has 2 heterocycles. The first-order chi connectivity index (χ1) is 9.91. The van der Waals surface area contributed by atoms with Crippen LogP contribution in [0.1, 0.15) is 57.8 Å². The van der Waals surface area contributed by atoms with Crippen molar-refractivity contribution in [2.75, 3.05) is 6.26 Å². The number of nitrogens with one attached hydrogen (secondary N) is 1. The molecular weight excluding hydrogens is 286 g/mol. The molecule has 1 aliphatic carbocycles. The molecule has 5 heteroatoms. The Labute approximate surface area is 128 Å². The SMILES string of the molecule is CS(=O)(=O)C1CCCC(C(=O)CC2CC3CCC(C2)N3)C1. The number of rotatable bonds is 4. The van der Waals surface area contributed by atoms with Gasteiger partial charge >= 0.3 is 0 Å². The third kappa shape index (κ3) is 3.67. The zero-order valence-electron chi connectivity index (χ0n) is 12.9. The quantitative estimate of drug-likeness (QED) is 0.863. The molecule has 2 saturated heterocycles. The largest absolute Gasteiger partial charge is 0.311 e. The topological polar surface area (TPSA) is 63.2 Å². The standard InChI is InChI=1S/C16H27NO3S/c1-21(19,20)15-4-2-3-12(10-15)16(18)9-11-7-13-5-6-14(8-11)17-13/h11-15,17H,2-10H2,1H3. The van der Waals surface area contributed by atoms with Gasteiger partial charge in [0.15, 0.2) is 0 Å². The lowest BCUT2D eigenvalue weighted by molar-refractivity contribution is -0.124. The van der Waals surface area contributed by atoms with Gasteiger partial charge in [0.05, 0.1) is 5.25 Å². The zero-order valence-corrected chi connectivity index (χ0v) is 13.7. The third-order valence-electron chi connectivity index (χ3n) is 5.75. The van der Waals surface area contributed by atoms with E-state index in [1.807, 2.05) is 0 Å². The predicted molar refractivity (Wildman–Crippen MR) is 82.9 cm³/mol. The molecule has 3 fully saturated rings. The van der Waals surface area contributed by atoms with Crippen LogP contribution in [0.3, 0.4) is 0 Å². The second-order valence-corrected chi connectivity index (χ2v) is 9.79. The average molecular weight is 313 g/mol. The number of fused-ring (bicyclic) bond motifs is 2. The molecule has 0 aromatic rings. The van der Waals surface area contributed by atoms with Crippen LogP contribution in [0.2, 0.25) is 0 Å². The average Bonchev–Trinajstić information content (AvgIpc) is 2.77. The number of hydrogen-bond acceptors (Lipinski definition) is 4. The molecule has 0 spiro atoms. The molecule has 0 radical (unpaired) electrons. The molecular formula is C16H27NO3S. The Morgan fingerprint density at radius 3 is 2.33 bits per heavy atom. The molecule has 120 valence electrons. The maximum atomic E-state index is 12.6. The molecule has 0 amide bonds. The number of Topliss-reactive ketones (excluding diaryl/α,β-unsaturated/α-hetero) is 1. The summed E-state index contributed by atoms with van der Waals surface area (Å²) in [5, 5.41) is 3.32. The summed E-state index contributed by atoms with van der Waals surface area (Å²) >= 11 is 0. The summed E-state index contributed by atoms with van der Waals surface area (Å²) in [5.74, 6) is 0.843. The van der Waals surface area contributed by atoms with Crippen molar-refractivity contribution in [3.63, 3.8) is 0 Å². The van der Waals surface area contributed by atoms with E-state index in [0.717, 1.165) is 32.1 Å². The lowest BCUT2D eigenvalue weighted by Crippen LogP contribution is -2.39. The smallest absolute Gasteiger partial charge is 0.150 e. The molecule has 2 bridgehead atoms. The van der Waals surface area contributed by atoms with Crippen LogP contribution in [0, 0.1) is 11.8 Å². The highest BCUT2D eigenvalue weighted by Crippen LogP contribution is 2.35. The van der Waals surface area contributed by atoms with Crippen LogP contribution in [0.5, 0.6) is 0 Å². The predicted octanol–water partition coefficient (Wildman–Crippen LogP) is 2.08. The van der Waals surface area contributed by atoms with Crippen molar-refractivity contribution in [1.82, 2.24) is 5.32 Å². The van der Waals surface area contributed by atoms with Gasteiger partial charge in [-0.2, -0.15) is 0 Å². The van der Waals surface area contributed by atoms with E-state index in [1.54, 1.807) is 0 Å². The van der Waals surface area contributed by atoms with Crippen LogP contribution in [0.25, 0.3) is 0 Å². The summed E-state index contributed by atoms with van der Waals surface area (Å²) in [7, 11) is -3.00. The highest BCUT2D eigenvalue weighted by molar-refractivity contribution is 7.91. The van der Waals surface area contributed by atoms with Crippen LogP contribution in [0.4, 0.5) is 0 Å². The number of carbonyl (C=O) groups excluding carboxylic acids is 1. The minimum Gasteiger partial charge on any atom is -0.311 e. The second kappa shape index (κ2) is 5.99. The summed E-state index contributed by atoms with van der Waals surface area (Å²) in [6, 6.07) is 1.24. The Hall–Kier alpha value is -0.420. The number of ketones is 1. The Bertz CT molecular complexity index is 490. The van der Waals surface area contributed by atoms with E-state index in [4.69, 9.17) is 0 Å². The van der Waals surface area contributed by atoms with E-state index in [-0.39, 0.29) is 11.2 Å². The molecule has 21 heavy (non-hydrogen) atoms.